The largest absolute Gasteiger partial charge is 0.378 e. The van der Waals surface area contributed by atoms with Gasteiger partial charge in [0.05, 0.1) is 14.1 Å². The molecule has 0 rings (SSSR count). The van der Waals surface area contributed by atoms with Crippen LogP contribution in [0.5, 0.6) is 0 Å². The molecule has 0 aliphatic rings. The molecule has 0 saturated carbocycles. The first-order chi connectivity index (χ1) is 9.66. The fourth-order valence-corrected chi connectivity index (χ4v) is 2.08. The van der Waals surface area contributed by atoms with Crippen molar-refractivity contribution in [3.8, 4) is 0 Å². The van der Waals surface area contributed by atoms with Crippen LogP contribution in [0.2, 0.25) is 0 Å². The molecule has 4 nitrogen and oxygen atoms in total. The molecule has 0 aromatic heterocycles. The maximum atomic E-state index is 12.9. The van der Waals surface area contributed by atoms with Gasteiger partial charge in [-0.3, -0.25) is 4.57 Å². The standard InChI is InChI=1S/C11H25O4P/c1-9(2)15-16(13,11(6,7)12)14-8-10(3,4)5/h9,12H,8H2,1-7H3/i1D3,2D3,9D. The summed E-state index contributed by atoms with van der Waals surface area (Å²) in [5, 5.41) is 7.87. The van der Waals surface area contributed by atoms with Gasteiger partial charge in [0.1, 0.15) is 0 Å². The molecule has 0 aliphatic heterocycles. The molecule has 0 spiro atoms. The predicted molar refractivity (Wildman–Crippen MR) is 65.5 cm³/mol. The number of hydrogen-bond donors (Lipinski definition) is 1. The molecule has 0 aromatic carbocycles. The van der Waals surface area contributed by atoms with E-state index in [2.05, 4.69) is 0 Å². The summed E-state index contributed by atoms with van der Waals surface area (Å²) >= 11 is 0. The molecular weight excluding hydrogens is 227 g/mol. The van der Waals surface area contributed by atoms with Crippen LogP contribution >= 0.6 is 7.60 Å². The molecule has 98 valence electrons. The van der Waals surface area contributed by atoms with Gasteiger partial charge in [-0.1, -0.05) is 20.8 Å². The van der Waals surface area contributed by atoms with Crippen molar-refractivity contribution in [2.24, 2.45) is 5.41 Å². The lowest BCUT2D eigenvalue weighted by Crippen LogP contribution is -2.26. The molecule has 0 saturated heterocycles. The van der Waals surface area contributed by atoms with Gasteiger partial charge in [0.25, 0.3) is 0 Å². The first kappa shape index (κ1) is 7.52. The lowest BCUT2D eigenvalue weighted by molar-refractivity contribution is 0.0629. The summed E-state index contributed by atoms with van der Waals surface area (Å²) in [4.78, 5) is 0. The van der Waals surface area contributed by atoms with E-state index >= 15 is 0 Å². The zero-order valence-corrected chi connectivity index (χ0v) is 11.2. The first-order valence-electron chi connectivity index (χ1n) is 8.34. The third kappa shape index (κ3) is 5.44. The SMILES string of the molecule is [2H]C([2H])([2H])C([2H])(OP(=O)(OCC(C)(C)C)C(C)(C)O)C([2H])([2H])[2H]. The Kier molecular flexibility index (Phi) is 2.43. The molecule has 1 atom stereocenters. The van der Waals surface area contributed by atoms with Crippen molar-refractivity contribution < 1.29 is 28.3 Å². The molecule has 0 aromatic rings. The van der Waals surface area contributed by atoms with E-state index in [1.165, 1.54) is 0 Å². The van der Waals surface area contributed by atoms with E-state index in [9.17, 15) is 9.67 Å². The number of aliphatic hydroxyl groups is 1. The molecule has 0 fully saturated rings. The minimum Gasteiger partial charge on any atom is -0.378 e. The summed E-state index contributed by atoms with van der Waals surface area (Å²) in [6.07, 6.45) is -3.51. The van der Waals surface area contributed by atoms with Crippen LogP contribution in [-0.4, -0.2) is 23.1 Å². The second-order valence-electron chi connectivity index (χ2n) is 5.25. The zero-order valence-electron chi connectivity index (χ0n) is 17.3. The fourth-order valence-electron chi connectivity index (χ4n) is 0.695. The summed E-state index contributed by atoms with van der Waals surface area (Å²) in [6, 6.07) is 0. The lowest BCUT2D eigenvalue weighted by Gasteiger charge is -2.32. The van der Waals surface area contributed by atoms with E-state index < -0.39 is 38.1 Å². The van der Waals surface area contributed by atoms with Crippen LogP contribution in [0.15, 0.2) is 0 Å². The molecule has 1 unspecified atom stereocenters. The Hall–Kier alpha value is 0.110. The van der Waals surface area contributed by atoms with Crippen LogP contribution in [0, 0.1) is 5.41 Å². The average Bonchev–Trinajstić information content (AvgIpc) is 2.20. The fraction of sp³-hybridized carbons (Fsp3) is 1.00. The molecule has 0 aliphatic carbocycles. The van der Waals surface area contributed by atoms with E-state index in [0.717, 1.165) is 13.8 Å². The molecule has 0 amide bonds. The van der Waals surface area contributed by atoms with Crippen LogP contribution in [0.1, 0.15) is 57.9 Å². The van der Waals surface area contributed by atoms with Gasteiger partial charge in [0.2, 0.25) is 0 Å². The molecular formula is C11H25O4P. The minimum atomic E-state index is -4.67. The lowest BCUT2D eigenvalue weighted by atomic mass is 9.99. The normalized spacial score (nSPS) is 26.2. The van der Waals surface area contributed by atoms with Gasteiger partial charge in [-0.05, 0) is 33.0 Å². The van der Waals surface area contributed by atoms with Crippen LogP contribution in [0.4, 0.5) is 0 Å². The third-order valence-electron chi connectivity index (χ3n) is 1.55. The number of hydrogen-bond acceptors (Lipinski definition) is 4. The summed E-state index contributed by atoms with van der Waals surface area (Å²) in [5.74, 6) is 0. The quantitative estimate of drug-likeness (QED) is 0.769. The monoisotopic (exact) mass is 259 g/mol. The highest BCUT2D eigenvalue weighted by molar-refractivity contribution is 7.55. The molecule has 0 radical (unpaired) electrons. The highest BCUT2D eigenvalue weighted by Crippen LogP contribution is 2.59. The first-order valence-corrected chi connectivity index (χ1v) is 6.38. The van der Waals surface area contributed by atoms with Crippen molar-refractivity contribution in [1.82, 2.24) is 0 Å². The van der Waals surface area contributed by atoms with Gasteiger partial charge in [0.15, 0.2) is 5.34 Å². The van der Waals surface area contributed by atoms with Crippen molar-refractivity contribution in [1.29, 1.82) is 0 Å². The Balaban J connectivity index is 5.92. The van der Waals surface area contributed by atoms with Gasteiger partial charge in [-0.15, -0.1) is 0 Å². The molecule has 0 heterocycles. The van der Waals surface area contributed by atoms with Gasteiger partial charge in [-0.2, -0.15) is 0 Å². The Labute approximate surface area is 109 Å². The Morgan fingerprint density at radius 2 is 1.88 bits per heavy atom. The molecule has 5 heteroatoms. The smallest absolute Gasteiger partial charge is 0.361 e. The maximum Gasteiger partial charge on any atom is 0.361 e. The van der Waals surface area contributed by atoms with Gasteiger partial charge >= 0.3 is 7.60 Å². The van der Waals surface area contributed by atoms with Gasteiger partial charge in [0, 0.05) is 8.22 Å². The summed E-state index contributed by atoms with van der Waals surface area (Å²) < 4.78 is 74.2. The molecule has 0 bridgehead atoms. The van der Waals surface area contributed by atoms with E-state index in [1.807, 2.05) is 0 Å². The predicted octanol–water partition coefficient (Wildman–Crippen LogP) is 3.40. The number of rotatable bonds is 5. The van der Waals surface area contributed by atoms with Crippen molar-refractivity contribution >= 4 is 7.60 Å². The topological polar surface area (TPSA) is 55.8 Å². The summed E-state index contributed by atoms with van der Waals surface area (Å²) in [7, 11) is -4.67. The van der Waals surface area contributed by atoms with Crippen LogP contribution in [0.3, 0.4) is 0 Å². The third-order valence-corrected chi connectivity index (χ3v) is 3.78. The highest BCUT2D eigenvalue weighted by atomic mass is 31.2. The molecule has 1 N–H and O–H groups in total. The summed E-state index contributed by atoms with van der Waals surface area (Å²) in [6.45, 7) is 0.169. The maximum absolute atomic E-state index is 12.9. The van der Waals surface area contributed by atoms with Gasteiger partial charge < -0.3 is 14.2 Å². The van der Waals surface area contributed by atoms with Crippen LogP contribution in [0.25, 0.3) is 0 Å². The van der Waals surface area contributed by atoms with Crippen molar-refractivity contribution in [2.75, 3.05) is 6.61 Å². The minimum absolute atomic E-state index is 0.202. The van der Waals surface area contributed by atoms with E-state index in [0.29, 0.717) is 0 Å². The van der Waals surface area contributed by atoms with E-state index in [4.69, 9.17) is 18.6 Å². The second-order valence-corrected chi connectivity index (χ2v) is 7.78. The van der Waals surface area contributed by atoms with Crippen molar-refractivity contribution in [3.63, 3.8) is 0 Å². The summed E-state index contributed by atoms with van der Waals surface area (Å²) in [5.41, 5.74) is -0.519. The second kappa shape index (κ2) is 5.18. The van der Waals surface area contributed by atoms with Crippen LogP contribution in [-0.2, 0) is 13.6 Å². The van der Waals surface area contributed by atoms with Crippen LogP contribution < -0.4 is 0 Å². The van der Waals surface area contributed by atoms with E-state index in [-0.39, 0.29) is 6.61 Å². The van der Waals surface area contributed by atoms with Gasteiger partial charge in [-0.25, -0.2) is 0 Å². The van der Waals surface area contributed by atoms with Crippen molar-refractivity contribution in [2.45, 2.75) is 59.7 Å². The van der Waals surface area contributed by atoms with E-state index in [1.54, 1.807) is 20.8 Å². The Morgan fingerprint density at radius 1 is 1.38 bits per heavy atom. The molecule has 16 heavy (non-hydrogen) atoms. The zero-order chi connectivity index (χ0) is 19.1. The average molecular weight is 259 g/mol. The Bertz CT molecular complexity index is 445. The van der Waals surface area contributed by atoms with Crippen molar-refractivity contribution in [3.05, 3.63) is 0 Å². The Morgan fingerprint density at radius 3 is 2.19 bits per heavy atom. The highest BCUT2D eigenvalue weighted by Gasteiger charge is 2.43.